The molecule has 0 saturated carbocycles. The average Bonchev–Trinajstić information content (AvgIpc) is 2.15. The van der Waals surface area contributed by atoms with E-state index < -0.39 is 0 Å². The van der Waals surface area contributed by atoms with Crippen molar-refractivity contribution in [2.75, 3.05) is 17.2 Å². The highest BCUT2D eigenvalue weighted by Crippen LogP contribution is 2.23. The summed E-state index contributed by atoms with van der Waals surface area (Å²) in [6, 6.07) is 4.41. The van der Waals surface area contributed by atoms with Crippen LogP contribution in [0.15, 0.2) is 18.3 Å². The molecular weight excluding hydrogens is 186 g/mol. The van der Waals surface area contributed by atoms with Crippen LogP contribution in [0.5, 0.6) is 0 Å². The van der Waals surface area contributed by atoms with Crippen molar-refractivity contribution >= 4 is 11.5 Å². The van der Waals surface area contributed by atoms with Crippen LogP contribution in [0.2, 0.25) is 0 Å². The van der Waals surface area contributed by atoms with Crippen molar-refractivity contribution < 1.29 is 0 Å². The predicted octanol–water partition coefficient (Wildman–Crippen LogP) is 2.53. The first-order valence-corrected chi connectivity index (χ1v) is 5.49. The first kappa shape index (κ1) is 11.8. The van der Waals surface area contributed by atoms with Gasteiger partial charge in [0.1, 0.15) is 5.82 Å². The van der Waals surface area contributed by atoms with Gasteiger partial charge in [0, 0.05) is 18.8 Å². The van der Waals surface area contributed by atoms with Gasteiger partial charge in [0.2, 0.25) is 0 Å². The SMILES string of the molecule is CC(C)CN(c1cccnc1N)C(C)C. The molecule has 0 bridgehead atoms. The molecule has 0 atom stereocenters. The van der Waals surface area contributed by atoms with Gasteiger partial charge in [0.25, 0.3) is 0 Å². The Morgan fingerprint density at radius 1 is 1.33 bits per heavy atom. The fourth-order valence-electron chi connectivity index (χ4n) is 1.63. The third-order valence-corrected chi connectivity index (χ3v) is 2.31. The Labute approximate surface area is 92.3 Å². The number of pyridine rings is 1. The maximum Gasteiger partial charge on any atom is 0.146 e. The van der Waals surface area contributed by atoms with E-state index in [-0.39, 0.29) is 0 Å². The van der Waals surface area contributed by atoms with Gasteiger partial charge in [-0.3, -0.25) is 0 Å². The zero-order chi connectivity index (χ0) is 11.4. The Kier molecular flexibility index (Phi) is 3.95. The summed E-state index contributed by atoms with van der Waals surface area (Å²) in [6.07, 6.45) is 1.73. The molecule has 1 aromatic heterocycles. The van der Waals surface area contributed by atoms with Gasteiger partial charge in [-0.2, -0.15) is 0 Å². The molecule has 0 aromatic carbocycles. The van der Waals surface area contributed by atoms with Crippen molar-refractivity contribution in [3.8, 4) is 0 Å². The molecule has 0 saturated heterocycles. The first-order chi connectivity index (χ1) is 7.02. The van der Waals surface area contributed by atoms with E-state index in [4.69, 9.17) is 5.73 Å². The molecule has 84 valence electrons. The number of nitrogen functional groups attached to an aromatic ring is 1. The van der Waals surface area contributed by atoms with Crippen LogP contribution in [-0.4, -0.2) is 17.6 Å². The fraction of sp³-hybridized carbons (Fsp3) is 0.583. The molecule has 2 N–H and O–H groups in total. The summed E-state index contributed by atoms with van der Waals surface area (Å²) >= 11 is 0. The number of hydrogen-bond donors (Lipinski definition) is 1. The van der Waals surface area contributed by atoms with E-state index in [0.717, 1.165) is 12.2 Å². The second-order valence-corrected chi connectivity index (χ2v) is 4.55. The Hall–Kier alpha value is -1.25. The largest absolute Gasteiger partial charge is 0.382 e. The molecule has 0 spiro atoms. The molecule has 3 heteroatoms. The van der Waals surface area contributed by atoms with Crippen LogP contribution in [0.4, 0.5) is 11.5 Å². The minimum Gasteiger partial charge on any atom is -0.382 e. The molecule has 0 unspecified atom stereocenters. The standard InChI is InChI=1S/C12H21N3/c1-9(2)8-15(10(3)4)11-6-5-7-14-12(11)13/h5-7,9-10H,8H2,1-4H3,(H2,13,14). The van der Waals surface area contributed by atoms with Gasteiger partial charge >= 0.3 is 0 Å². The summed E-state index contributed by atoms with van der Waals surface area (Å²) in [6.45, 7) is 9.78. The fourth-order valence-corrected chi connectivity index (χ4v) is 1.63. The number of rotatable bonds is 4. The molecule has 15 heavy (non-hydrogen) atoms. The molecule has 0 aliphatic rings. The van der Waals surface area contributed by atoms with Gasteiger partial charge in [-0.1, -0.05) is 13.8 Å². The van der Waals surface area contributed by atoms with Crippen molar-refractivity contribution in [3.05, 3.63) is 18.3 Å². The highest BCUT2D eigenvalue weighted by atomic mass is 15.2. The van der Waals surface area contributed by atoms with Gasteiger partial charge < -0.3 is 10.6 Å². The third-order valence-electron chi connectivity index (χ3n) is 2.31. The number of hydrogen-bond acceptors (Lipinski definition) is 3. The third kappa shape index (κ3) is 3.11. The second-order valence-electron chi connectivity index (χ2n) is 4.55. The summed E-state index contributed by atoms with van der Waals surface area (Å²) in [5, 5.41) is 0. The molecule has 0 aliphatic carbocycles. The lowest BCUT2D eigenvalue weighted by Crippen LogP contribution is -2.34. The molecule has 0 amide bonds. The molecule has 1 rings (SSSR count). The Morgan fingerprint density at radius 3 is 2.47 bits per heavy atom. The van der Waals surface area contributed by atoms with E-state index in [0.29, 0.717) is 17.8 Å². The average molecular weight is 207 g/mol. The predicted molar refractivity (Wildman–Crippen MR) is 66.0 cm³/mol. The van der Waals surface area contributed by atoms with Gasteiger partial charge in [0.15, 0.2) is 0 Å². The smallest absolute Gasteiger partial charge is 0.146 e. The van der Waals surface area contributed by atoms with Crippen LogP contribution in [0.3, 0.4) is 0 Å². The van der Waals surface area contributed by atoms with E-state index in [1.54, 1.807) is 6.20 Å². The highest BCUT2D eigenvalue weighted by molar-refractivity contribution is 5.63. The van der Waals surface area contributed by atoms with E-state index in [1.807, 2.05) is 12.1 Å². The van der Waals surface area contributed by atoms with Crippen molar-refractivity contribution in [3.63, 3.8) is 0 Å². The van der Waals surface area contributed by atoms with Crippen LogP contribution in [0.25, 0.3) is 0 Å². The molecule has 1 heterocycles. The highest BCUT2D eigenvalue weighted by Gasteiger charge is 2.14. The van der Waals surface area contributed by atoms with Crippen molar-refractivity contribution in [2.45, 2.75) is 33.7 Å². The lowest BCUT2D eigenvalue weighted by molar-refractivity contribution is 0.571. The topological polar surface area (TPSA) is 42.2 Å². The molecular formula is C12H21N3. The van der Waals surface area contributed by atoms with E-state index >= 15 is 0 Å². The van der Waals surface area contributed by atoms with E-state index in [9.17, 15) is 0 Å². The van der Waals surface area contributed by atoms with E-state index in [2.05, 4.69) is 37.6 Å². The van der Waals surface area contributed by atoms with Crippen LogP contribution < -0.4 is 10.6 Å². The second kappa shape index (κ2) is 5.01. The van der Waals surface area contributed by atoms with Crippen LogP contribution in [0.1, 0.15) is 27.7 Å². The summed E-state index contributed by atoms with van der Waals surface area (Å²) < 4.78 is 0. The summed E-state index contributed by atoms with van der Waals surface area (Å²) in [5.41, 5.74) is 6.92. The monoisotopic (exact) mass is 207 g/mol. The van der Waals surface area contributed by atoms with Gasteiger partial charge in [0.05, 0.1) is 5.69 Å². The summed E-state index contributed by atoms with van der Waals surface area (Å²) in [4.78, 5) is 6.42. The minimum atomic E-state index is 0.443. The minimum absolute atomic E-state index is 0.443. The lowest BCUT2D eigenvalue weighted by atomic mass is 10.1. The maximum absolute atomic E-state index is 5.88. The van der Waals surface area contributed by atoms with Crippen molar-refractivity contribution in [1.29, 1.82) is 0 Å². The molecule has 0 radical (unpaired) electrons. The summed E-state index contributed by atoms with van der Waals surface area (Å²) in [5.74, 6) is 1.24. The van der Waals surface area contributed by atoms with Crippen molar-refractivity contribution in [1.82, 2.24) is 4.98 Å². The lowest BCUT2D eigenvalue weighted by Gasteiger charge is -2.31. The van der Waals surface area contributed by atoms with Crippen molar-refractivity contribution in [2.24, 2.45) is 5.92 Å². The molecule has 1 aromatic rings. The summed E-state index contributed by atoms with van der Waals surface area (Å²) in [7, 11) is 0. The van der Waals surface area contributed by atoms with Gasteiger partial charge in [-0.15, -0.1) is 0 Å². The van der Waals surface area contributed by atoms with Crippen LogP contribution >= 0.6 is 0 Å². The molecule has 0 fully saturated rings. The zero-order valence-corrected chi connectivity index (χ0v) is 10.1. The van der Waals surface area contributed by atoms with E-state index in [1.165, 1.54) is 0 Å². The Balaban J connectivity index is 2.94. The molecule has 3 nitrogen and oxygen atoms in total. The van der Waals surface area contributed by atoms with Gasteiger partial charge in [-0.25, -0.2) is 4.98 Å². The number of aromatic nitrogens is 1. The quantitative estimate of drug-likeness (QED) is 0.825. The van der Waals surface area contributed by atoms with Crippen LogP contribution in [-0.2, 0) is 0 Å². The van der Waals surface area contributed by atoms with Crippen LogP contribution in [0, 0.1) is 5.92 Å². The normalized spacial score (nSPS) is 11.1. The Bertz CT molecular complexity index is 307. The van der Waals surface area contributed by atoms with Gasteiger partial charge in [-0.05, 0) is 31.9 Å². The zero-order valence-electron chi connectivity index (χ0n) is 10.1. The number of nitrogens with zero attached hydrogens (tertiary/aromatic N) is 2. The molecule has 0 aliphatic heterocycles. The number of nitrogens with two attached hydrogens (primary N) is 1. The first-order valence-electron chi connectivity index (χ1n) is 5.49. The number of anilines is 2. The Morgan fingerprint density at radius 2 is 2.00 bits per heavy atom. The maximum atomic E-state index is 5.88.